The summed E-state index contributed by atoms with van der Waals surface area (Å²) in [5, 5.41) is 0. The normalized spacial score (nSPS) is 3.25. The second-order valence-corrected chi connectivity index (χ2v) is 0.245. The topological polar surface area (TPSA) is 29.4 Å². The van der Waals surface area contributed by atoms with Crippen molar-refractivity contribution in [1.29, 1.82) is 0 Å². The molecule has 0 saturated heterocycles. The van der Waals surface area contributed by atoms with Crippen LogP contribution in [0.25, 0.3) is 0 Å². The van der Waals surface area contributed by atoms with Gasteiger partial charge in [0.05, 0.1) is 0 Å². The Morgan fingerprint density at radius 3 is 1.75 bits per heavy atom. The second kappa shape index (κ2) is 10.6. The van der Waals surface area contributed by atoms with Crippen LogP contribution in [0.1, 0.15) is 0 Å². The predicted molar refractivity (Wildman–Crippen MR) is 22.0 cm³/mol. The van der Waals surface area contributed by atoms with Gasteiger partial charge in [0.15, 0.2) is 0 Å². The standard InChI is InChI=1S/ClH.HNOS/c;2-1-3/h1H;(H,2,3). The molecule has 4 heavy (non-hydrogen) atoms. The van der Waals surface area contributed by atoms with Crippen LogP contribution in [-0.2, 0) is 0 Å². The summed E-state index contributed by atoms with van der Waals surface area (Å²) in [6.45, 7) is 0. The minimum absolute atomic E-state index is 0. The lowest BCUT2D eigenvalue weighted by atomic mass is 13.7. The first kappa shape index (κ1) is 8.87. The number of thiol groups is 1. The molecule has 0 aliphatic heterocycles. The minimum atomic E-state index is 0. The van der Waals surface area contributed by atoms with Gasteiger partial charge < -0.3 is 0 Å². The van der Waals surface area contributed by atoms with Crippen molar-refractivity contribution in [2.75, 3.05) is 0 Å². The number of rotatable bonds is 0. The average molecular weight is 99.5 g/mol. The van der Waals surface area contributed by atoms with E-state index in [-0.39, 0.29) is 12.4 Å². The zero-order valence-electron chi connectivity index (χ0n) is 1.71. The SMILES string of the molecule is Cl.O=NS. The third-order valence-electron chi connectivity index (χ3n) is 0. The van der Waals surface area contributed by atoms with Gasteiger partial charge in [0.2, 0.25) is 0 Å². The van der Waals surface area contributed by atoms with E-state index in [1.54, 1.807) is 0 Å². The van der Waals surface area contributed by atoms with Gasteiger partial charge >= 0.3 is 0 Å². The van der Waals surface area contributed by atoms with Crippen LogP contribution in [-0.4, -0.2) is 0 Å². The van der Waals surface area contributed by atoms with E-state index in [0.29, 0.717) is 0 Å². The van der Waals surface area contributed by atoms with Crippen molar-refractivity contribution in [3.05, 3.63) is 4.91 Å². The lowest BCUT2D eigenvalue weighted by Crippen LogP contribution is -0.950. The monoisotopic (exact) mass is 99.0 g/mol. The van der Waals surface area contributed by atoms with Gasteiger partial charge in [-0.3, -0.25) is 0 Å². The molecule has 0 fully saturated rings. The fourth-order valence-corrected chi connectivity index (χ4v) is 0. The maximum absolute atomic E-state index is 8.42. The number of halogens is 1. The van der Waals surface area contributed by atoms with E-state index in [1.165, 1.54) is 0 Å². The second-order valence-electron chi connectivity index (χ2n) is 0.0816. The zero-order valence-corrected chi connectivity index (χ0v) is 3.42. The molecule has 0 unspecified atom stereocenters. The summed E-state index contributed by atoms with van der Waals surface area (Å²) in [6, 6.07) is 0. The van der Waals surface area contributed by atoms with Crippen molar-refractivity contribution < 1.29 is 0 Å². The molecule has 0 aliphatic rings. The van der Waals surface area contributed by atoms with Crippen molar-refractivity contribution in [1.82, 2.24) is 0 Å². The van der Waals surface area contributed by atoms with Crippen molar-refractivity contribution >= 4 is 25.2 Å². The van der Waals surface area contributed by atoms with Gasteiger partial charge in [-0.05, 0) is 0 Å². The zero-order chi connectivity index (χ0) is 2.71. The molecule has 2 nitrogen and oxygen atoms in total. The van der Waals surface area contributed by atoms with Crippen molar-refractivity contribution in [3.63, 3.8) is 0 Å². The Kier molecular flexibility index (Phi) is 23.4. The number of nitroso groups, excluding NO2 is 1. The highest BCUT2D eigenvalue weighted by Crippen LogP contribution is 1.58. The summed E-state index contributed by atoms with van der Waals surface area (Å²) in [5.41, 5.74) is 0. The molecule has 0 bridgehead atoms. The van der Waals surface area contributed by atoms with Gasteiger partial charge in [0.1, 0.15) is 0 Å². The summed E-state index contributed by atoms with van der Waals surface area (Å²) >= 11 is 2.86. The van der Waals surface area contributed by atoms with E-state index in [2.05, 4.69) is 12.8 Å². The van der Waals surface area contributed by atoms with Gasteiger partial charge in [-0.25, -0.2) is 0 Å². The first-order valence-corrected chi connectivity index (χ1v) is 0.783. The van der Waals surface area contributed by atoms with E-state index in [0.717, 1.165) is 0 Å². The van der Waals surface area contributed by atoms with Crippen molar-refractivity contribution in [2.24, 2.45) is 4.58 Å². The quantitative estimate of drug-likeness (QED) is 0.357. The van der Waals surface area contributed by atoms with E-state index >= 15 is 0 Å². The maximum Gasteiger partial charge on any atom is 0.00369 e. The van der Waals surface area contributed by atoms with Crippen molar-refractivity contribution in [3.8, 4) is 0 Å². The Balaban J connectivity index is 0. The minimum Gasteiger partial charge on any atom is -0.147 e. The van der Waals surface area contributed by atoms with Gasteiger partial charge in [0, 0.05) is 17.4 Å². The largest absolute Gasteiger partial charge is 0.147 e. The predicted octanol–water partition coefficient (Wildman–Crippen LogP) is 1.02. The van der Waals surface area contributed by atoms with Crippen LogP contribution in [0, 0.1) is 4.91 Å². The summed E-state index contributed by atoms with van der Waals surface area (Å²) < 4.78 is 1.94. The van der Waals surface area contributed by atoms with E-state index < -0.39 is 0 Å². The molecule has 4 heteroatoms. The van der Waals surface area contributed by atoms with Gasteiger partial charge in [-0.1, -0.05) is 0 Å². The van der Waals surface area contributed by atoms with Crippen LogP contribution in [0.2, 0.25) is 0 Å². The molecular formula is H2ClNOS. The maximum atomic E-state index is 8.42. The summed E-state index contributed by atoms with van der Waals surface area (Å²) in [7, 11) is 0. The van der Waals surface area contributed by atoms with Gasteiger partial charge in [-0.2, -0.15) is 0 Å². The summed E-state index contributed by atoms with van der Waals surface area (Å²) in [5.74, 6) is 0. The number of hydrogen-bond donors (Lipinski definition) is 1. The van der Waals surface area contributed by atoms with Gasteiger partial charge in [0.25, 0.3) is 0 Å². The highest BCUT2D eigenvalue weighted by Gasteiger charge is 1.21. The van der Waals surface area contributed by atoms with E-state index in [4.69, 9.17) is 4.91 Å². The molecule has 0 N–H and O–H groups in total. The smallest absolute Gasteiger partial charge is 0.00369 e. The Labute approximate surface area is 35.5 Å². The molecule has 26 valence electrons. The Morgan fingerprint density at radius 1 is 1.75 bits per heavy atom. The van der Waals surface area contributed by atoms with Crippen LogP contribution in [0.5, 0.6) is 0 Å². The van der Waals surface area contributed by atoms with E-state index in [9.17, 15) is 0 Å². The third-order valence-corrected chi connectivity index (χ3v) is 0. The molecule has 0 aromatic rings. The molecule has 0 heterocycles. The first-order chi connectivity index (χ1) is 1.41. The Hall–Kier alpha value is 0.240. The Morgan fingerprint density at radius 2 is 1.75 bits per heavy atom. The first-order valence-electron chi connectivity index (χ1n) is 0.383. The lowest BCUT2D eigenvalue weighted by Gasteiger charge is -1.25. The van der Waals surface area contributed by atoms with Crippen LogP contribution in [0.4, 0.5) is 0 Å². The van der Waals surface area contributed by atoms with Crippen LogP contribution in [0.15, 0.2) is 4.58 Å². The molecule has 0 aliphatic carbocycles. The fraction of sp³-hybridized carbons (Fsp3) is 0. The molecule has 0 aromatic heterocycles. The molecule has 0 radical (unpaired) electrons. The third kappa shape index (κ3) is 59.8. The van der Waals surface area contributed by atoms with E-state index in [1.807, 2.05) is 4.58 Å². The fourth-order valence-electron chi connectivity index (χ4n) is 0. The molecule has 0 amide bonds. The Bertz CT molecular complexity index is 15.5. The molecule has 0 atom stereocenters. The molecule has 0 rings (SSSR count). The summed E-state index contributed by atoms with van der Waals surface area (Å²) in [4.78, 5) is 8.42. The molecule has 0 aromatic carbocycles. The van der Waals surface area contributed by atoms with Crippen LogP contribution < -0.4 is 0 Å². The highest BCUT2D eigenvalue weighted by atomic mass is 35.5. The molecule has 0 spiro atoms. The van der Waals surface area contributed by atoms with Gasteiger partial charge in [-0.15, -0.1) is 17.3 Å². The summed E-state index contributed by atoms with van der Waals surface area (Å²) in [6.07, 6.45) is 0. The van der Waals surface area contributed by atoms with Crippen LogP contribution >= 0.6 is 25.2 Å². The van der Waals surface area contributed by atoms with Crippen molar-refractivity contribution in [2.45, 2.75) is 0 Å². The number of nitrogens with zero attached hydrogens (tertiary/aromatic N) is 1. The highest BCUT2D eigenvalue weighted by molar-refractivity contribution is 7.78. The lowest BCUT2D eigenvalue weighted by molar-refractivity contribution is 1.91. The molecule has 0 saturated carbocycles. The van der Waals surface area contributed by atoms with Crippen LogP contribution in [0.3, 0.4) is 0 Å². The average Bonchev–Trinajstić information content (AvgIpc) is 0.918. The molecular weight excluding hydrogens is 97.5 g/mol. The number of hydrogen-bond acceptors (Lipinski definition) is 2.